The fourth-order valence-electron chi connectivity index (χ4n) is 1.67. The summed E-state index contributed by atoms with van der Waals surface area (Å²) in [6.07, 6.45) is -2.40. The highest BCUT2D eigenvalue weighted by molar-refractivity contribution is 8.00. The van der Waals surface area contributed by atoms with E-state index in [-0.39, 0.29) is 41.1 Å². The summed E-state index contributed by atoms with van der Waals surface area (Å²) in [6.45, 7) is 1.49. The van der Waals surface area contributed by atoms with Crippen molar-refractivity contribution in [3.05, 3.63) is 29.8 Å². The molecule has 21 heavy (non-hydrogen) atoms. The smallest absolute Gasteiger partial charge is 0.390 e. The number of halogens is 3. The van der Waals surface area contributed by atoms with Gasteiger partial charge < -0.3 is 15.5 Å². The van der Waals surface area contributed by atoms with Crippen LogP contribution in [-0.4, -0.2) is 34.3 Å². The maximum absolute atomic E-state index is 12.3. The van der Waals surface area contributed by atoms with E-state index in [4.69, 9.17) is 0 Å². The number of aliphatic hydroxyl groups is 2. The Kier molecular flexibility index (Phi) is 6.50. The van der Waals surface area contributed by atoms with Gasteiger partial charge in [-0.05, 0) is 35.9 Å². The van der Waals surface area contributed by atoms with Gasteiger partial charge in [0.1, 0.15) is 6.10 Å². The van der Waals surface area contributed by atoms with Crippen LogP contribution in [0.5, 0.6) is 0 Å². The van der Waals surface area contributed by atoms with Crippen LogP contribution in [0.4, 0.5) is 13.2 Å². The molecular weight excluding hydrogens is 307 g/mol. The molecule has 0 aromatic heterocycles. The SMILES string of the molecule is CC(=O)NCCC(O)C(O)c1cccc(SC(F)(F)F)c1. The van der Waals surface area contributed by atoms with Crippen molar-refractivity contribution in [2.75, 3.05) is 6.54 Å². The minimum absolute atomic E-state index is 0.0619. The average molecular weight is 323 g/mol. The van der Waals surface area contributed by atoms with Crippen molar-refractivity contribution >= 4 is 17.7 Å². The topological polar surface area (TPSA) is 69.6 Å². The lowest BCUT2D eigenvalue weighted by molar-refractivity contribution is -0.119. The lowest BCUT2D eigenvalue weighted by atomic mass is 10.0. The van der Waals surface area contributed by atoms with Gasteiger partial charge in [-0.1, -0.05) is 12.1 Å². The van der Waals surface area contributed by atoms with E-state index in [0.717, 1.165) is 0 Å². The van der Waals surface area contributed by atoms with E-state index >= 15 is 0 Å². The van der Waals surface area contributed by atoms with Gasteiger partial charge in [-0.2, -0.15) is 13.2 Å². The van der Waals surface area contributed by atoms with E-state index in [0.29, 0.717) is 0 Å². The summed E-state index contributed by atoms with van der Waals surface area (Å²) in [5.74, 6) is -0.264. The Morgan fingerprint density at radius 1 is 1.38 bits per heavy atom. The van der Waals surface area contributed by atoms with E-state index in [2.05, 4.69) is 5.32 Å². The molecule has 3 N–H and O–H groups in total. The summed E-state index contributed by atoms with van der Waals surface area (Å²) in [5.41, 5.74) is -4.22. The normalized spacial score (nSPS) is 14.6. The van der Waals surface area contributed by atoms with Crippen LogP contribution in [0.2, 0.25) is 0 Å². The summed E-state index contributed by atoms with van der Waals surface area (Å²) >= 11 is -0.284. The third-order valence-electron chi connectivity index (χ3n) is 2.61. The van der Waals surface area contributed by atoms with Crippen LogP contribution < -0.4 is 5.32 Å². The van der Waals surface area contributed by atoms with E-state index in [1.165, 1.54) is 31.2 Å². The summed E-state index contributed by atoms with van der Waals surface area (Å²) < 4.78 is 36.9. The predicted molar refractivity (Wildman–Crippen MR) is 72.6 cm³/mol. The lowest BCUT2D eigenvalue weighted by Gasteiger charge is -2.19. The van der Waals surface area contributed by atoms with Crippen LogP contribution in [0.25, 0.3) is 0 Å². The van der Waals surface area contributed by atoms with Crippen molar-refractivity contribution in [3.8, 4) is 0 Å². The maximum Gasteiger partial charge on any atom is 0.446 e. The van der Waals surface area contributed by atoms with Gasteiger partial charge in [-0.15, -0.1) is 0 Å². The average Bonchev–Trinajstić information content (AvgIpc) is 2.35. The highest BCUT2D eigenvalue weighted by Crippen LogP contribution is 2.37. The molecule has 0 fully saturated rings. The molecule has 1 rings (SSSR count). The van der Waals surface area contributed by atoms with Gasteiger partial charge in [0.05, 0.1) is 6.10 Å². The molecule has 0 saturated heterocycles. The number of carbonyl (C=O) groups excluding carboxylic acids is 1. The van der Waals surface area contributed by atoms with Crippen molar-refractivity contribution < 1.29 is 28.2 Å². The van der Waals surface area contributed by atoms with Gasteiger partial charge >= 0.3 is 5.51 Å². The van der Waals surface area contributed by atoms with Gasteiger partial charge in [-0.3, -0.25) is 4.79 Å². The largest absolute Gasteiger partial charge is 0.446 e. The molecule has 0 bridgehead atoms. The monoisotopic (exact) mass is 323 g/mol. The molecular formula is C13H16F3NO3S. The molecule has 0 aliphatic rings. The van der Waals surface area contributed by atoms with Gasteiger partial charge in [-0.25, -0.2) is 0 Å². The second-order valence-electron chi connectivity index (χ2n) is 4.40. The highest BCUT2D eigenvalue weighted by atomic mass is 32.2. The Bertz CT molecular complexity index is 482. The number of amides is 1. The maximum atomic E-state index is 12.3. The second kappa shape index (κ2) is 7.67. The third kappa shape index (κ3) is 6.83. The fourth-order valence-corrected chi connectivity index (χ4v) is 2.28. The Morgan fingerprint density at radius 3 is 2.62 bits per heavy atom. The summed E-state index contributed by atoms with van der Waals surface area (Å²) in [5, 5.41) is 22.2. The molecule has 0 aliphatic heterocycles. The van der Waals surface area contributed by atoms with Crippen LogP contribution >= 0.6 is 11.8 Å². The van der Waals surface area contributed by atoms with Crippen LogP contribution in [0.15, 0.2) is 29.2 Å². The number of thioether (sulfide) groups is 1. The van der Waals surface area contributed by atoms with Crippen LogP contribution in [-0.2, 0) is 4.79 Å². The van der Waals surface area contributed by atoms with Crippen molar-refractivity contribution in [2.24, 2.45) is 0 Å². The van der Waals surface area contributed by atoms with Crippen molar-refractivity contribution in [3.63, 3.8) is 0 Å². The fraction of sp³-hybridized carbons (Fsp3) is 0.462. The van der Waals surface area contributed by atoms with Crippen LogP contribution in [0, 0.1) is 0 Å². The standard InChI is InChI=1S/C13H16F3NO3S/c1-8(18)17-6-5-11(19)12(20)9-3-2-4-10(7-9)21-13(14,15)16/h2-4,7,11-12,19-20H,5-6H2,1H3,(H,17,18). The number of rotatable bonds is 6. The molecule has 0 spiro atoms. The van der Waals surface area contributed by atoms with Crippen molar-refractivity contribution in [1.29, 1.82) is 0 Å². The zero-order chi connectivity index (χ0) is 16.0. The third-order valence-corrected chi connectivity index (χ3v) is 3.33. The first-order valence-electron chi connectivity index (χ1n) is 6.15. The number of nitrogens with one attached hydrogen (secondary N) is 1. The highest BCUT2D eigenvalue weighted by Gasteiger charge is 2.29. The summed E-state index contributed by atoms with van der Waals surface area (Å²) in [4.78, 5) is 10.6. The predicted octanol–water partition coefficient (Wildman–Crippen LogP) is 2.22. The Balaban J connectivity index is 2.66. The zero-order valence-corrected chi connectivity index (χ0v) is 12.0. The Morgan fingerprint density at radius 2 is 2.05 bits per heavy atom. The molecule has 1 amide bonds. The molecule has 0 heterocycles. The van der Waals surface area contributed by atoms with E-state index < -0.39 is 17.7 Å². The minimum atomic E-state index is -4.41. The van der Waals surface area contributed by atoms with Crippen molar-refractivity contribution in [1.82, 2.24) is 5.32 Å². The van der Waals surface area contributed by atoms with Gasteiger partial charge in [0, 0.05) is 18.4 Å². The number of benzene rings is 1. The summed E-state index contributed by atoms with van der Waals surface area (Å²) in [6, 6.07) is 5.28. The van der Waals surface area contributed by atoms with Crippen LogP contribution in [0.1, 0.15) is 25.0 Å². The molecule has 118 valence electrons. The molecule has 1 aromatic carbocycles. The number of aliphatic hydroxyl groups excluding tert-OH is 2. The van der Waals surface area contributed by atoms with E-state index in [9.17, 15) is 28.2 Å². The first-order chi connectivity index (χ1) is 9.69. The van der Waals surface area contributed by atoms with Gasteiger partial charge in [0.25, 0.3) is 0 Å². The van der Waals surface area contributed by atoms with Crippen LogP contribution in [0.3, 0.4) is 0 Å². The second-order valence-corrected chi connectivity index (χ2v) is 5.54. The molecule has 2 unspecified atom stereocenters. The number of alkyl halides is 3. The van der Waals surface area contributed by atoms with Gasteiger partial charge in [0.2, 0.25) is 5.91 Å². The van der Waals surface area contributed by atoms with Gasteiger partial charge in [0.15, 0.2) is 0 Å². The molecule has 2 atom stereocenters. The number of hydrogen-bond donors (Lipinski definition) is 3. The Hall–Kier alpha value is -1.25. The number of carbonyl (C=O) groups is 1. The van der Waals surface area contributed by atoms with E-state index in [1.807, 2.05) is 0 Å². The van der Waals surface area contributed by atoms with E-state index in [1.54, 1.807) is 0 Å². The molecule has 1 aromatic rings. The molecule has 8 heteroatoms. The molecule has 0 saturated carbocycles. The first kappa shape index (κ1) is 17.8. The van der Waals surface area contributed by atoms with Crippen molar-refractivity contribution in [2.45, 2.75) is 36.0 Å². The quantitative estimate of drug-likeness (QED) is 0.702. The molecule has 4 nitrogen and oxygen atoms in total. The number of hydrogen-bond acceptors (Lipinski definition) is 4. The summed E-state index contributed by atoms with van der Waals surface area (Å²) in [7, 11) is 0. The lowest BCUT2D eigenvalue weighted by Crippen LogP contribution is -2.27. The molecule has 0 radical (unpaired) electrons. The zero-order valence-electron chi connectivity index (χ0n) is 11.2. The first-order valence-corrected chi connectivity index (χ1v) is 6.97. The Labute approximate surface area is 124 Å². The minimum Gasteiger partial charge on any atom is -0.390 e. The molecule has 0 aliphatic carbocycles.